The molecule has 1 N–H and O–H groups in total. The molecule has 0 fully saturated rings. The topological polar surface area (TPSA) is 57.2 Å². The zero-order valence-corrected chi connectivity index (χ0v) is 18.9. The highest BCUT2D eigenvalue weighted by atomic mass is 32.1. The number of phenols is 1. The molecule has 6 heteroatoms. The number of hydrogen-bond donors (Lipinski definition) is 2. The molecule has 0 amide bonds. The van der Waals surface area contributed by atoms with Crippen LogP contribution in [0.15, 0.2) is 24.3 Å². The van der Waals surface area contributed by atoms with Gasteiger partial charge in [-0.05, 0) is 49.8 Å². The quantitative estimate of drug-likeness (QED) is 0.219. The zero-order valence-electron chi connectivity index (χ0n) is 18.0. The fraction of sp³-hybridized carbons (Fsp3) is 0.739. The van der Waals surface area contributed by atoms with Crippen LogP contribution in [-0.2, 0) is 14.2 Å². The molecule has 1 aromatic rings. The SMILES string of the molecule is CC(CCCCCCCCCS)OCCOCCOCCOc1ccc(O)cc1. The highest BCUT2D eigenvalue weighted by molar-refractivity contribution is 7.80. The summed E-state index contributed by atoms with van der Waals surface area (Å²) in [5.41, 5.74) is 0. The fourth-order valence-corrected chi connectivity index (χ4v) is 3.13. The van der Waals surface area contributed by atoms with E-state index in [1.54, 1.807) is 24.3 Å². The smallest absolute Gasteiger partial charge is 0.119 e. The summed E-state index contributed by atoms with van der Waals surface area (Å²) in [5.74, 6) is 1.97. The highest BCUT2D eigenvalue weighted by Gasteiger charge is 2.02. The molecule has 0 radical (unpaired) electrons. The van der Waals surface area contributed by atoms with Crippen LogP contribution in [0.25, 0.3) is 0 Å². The number of rotatable bonds is 20. The zero-order chi connectivity index (χ0) is 21.0. The van der Waals surface area contributed by atoms with E-state index in [0.717, 1.165) is 17.9 Å². The maximum Gasteiger partial charge on any atom is 0.119 e. The predicted octanol–water partition coefficient (Wildman–Crippen LogP) is 5.26. The molecule has 0 aromatic heterocycles. The normalized spacial score (nSPS) is 12.2. The Morgan fingerprint density at radius 2 is 1.31 bits per heavy atom. The first-order valence-electron chi connectivity index (χ1n) is 11.0. The molecule has 5 nitrogen and oxygen atoms in total. The first kappa shape index (κ1) is 26.1. The lowest BCUT2D eigenvalue weighted by Crippen LogP contribution is -2.15. The number of phenolic OH excluding ortho intramolecular Hbond substituents is 1. The molecule has 1 rings (SSSR count). The van der Waals surface area contributed by atoms with Crippen LogP contribution >= 0.6 is 12.6 Å². The average Bonchev–Trinajstić information content (AvgIpc) is 2.72. The fourth-order valence-electron chi connectivity index (χ4n) is 2.90. The second-order valence-electron chi connectivity index (χ2n) is 7.24. The molecule has 0 saturated carbocycles. The van der Waals surface area contributed by atoms with E-state index < -0.39 is 0 Å². The van der Waals surface area contributed by atoms with Gasteiger partial charge in [-0.3, -0.25) is 0 Å². The van der Waals surface area contributed by atoms with Gasteiger partial charge in [0.15, 0.2) is 0 Å². The average molecular weight is 429 g/mol. The van der Waals surface area contributed by atoms with Gasteiger partial charge in [-0.25, -0.2) is 0 Å². The minimum Gasteiger partial charge on any atom is -0.508 e. The van der Waals surface area contributed by atoms with Gasteiger partial charge in [-0.2, -0.15) is 12.6 Å². The number of unbranched alkanes of at least 4 members (excludes halogenated alkanes) is 6. The van der Waals surface area contributed by atoms with E-state index >= 15 is 0 Å². The molecule has 0 saturated heterocycles. The summed E-state index contributed by atoms with van der Waals surface area (Å²) in [6.07, 6.45) is 10.6. The van der Waals surface area contributed by atoms with Gasteiger partial charge in [-0.15, -0.1) is 0 Å². The van der Waals surface area contributed by atoms with Crippen molar-refractivity contribution in [1.29, 1.82) is 0 Å². The molecule has 0 heterocycles. The lowest BCUT2D eigenvalue weighted by Gasteiger charge is -2.13. The molecule has 0 aliphatic carbocycles. The van der Waals surface area contributed by atoms with Crippen molar-refractivity contribution in [3.63, 3.8) is 0 Å². The molecule has 0 bridgehead atoms. The van der Waals surface area contributed by atoms with Crippen molar-refractivity contribution in [2.75, 3.05) is 45.4 Å². The Morgan fingerprint density at radius 1 is 0.759 bits per heavy atom. The van der Waals surface area contributed by atoms with Gasteiger partial charge in [0.2, 0.25) is 0 Å². The van der Waals surface area contributed by atoms with Gasteiger partial charge in [0.1, 0.15) is 18.1 Å². The molecule has 0 spiro atoms. The van der Waals surface area contributed by atoms with Crippen molar-refractivity contribution in [3.8, 4) is 11.5 Å². The minimum absolute atomic E-state index is 0.232. The lowest BCUT2D eigenvalue weighted by molar-refractivity contribution is -0.0112. The summed E-state index contributed by atoms with van der Waals surface area (Å²) < 4.78 is 22.3. The Labute approximate surface area is 182 Å². The summed E-state index contributed by atoms with van der Waals surface area (Å²) in [7, 11) is 0. The molecule has 1 atom stereocenters. The third kappa shape index (κ3) is 16.5. The Morgan fingerprint density at radius 3 is 1.97 bits per heavy atom. The number of aromatic hydroxyl groups is 1. The van der Waals surface area contributed by atoms with Gasteiger partial charge in [0.25, 0.3) is 0 Å². The van der Waals surface area contributed by atoms with Gasteiger partial charge in [-0.1, -0.05) is 38.5 Å². The Balaban J connectivity index is 1.78. The maximum absolute atomic E-state index is 9.20. The van der Waals surface area contributed by atoms with Crippen LogP contribution in [0.4, 0.5) is 0 Å². The van der Waals surface area contributed by atoms with Crippen LogP contribution in [0.1, 0.15) is 58.3 Å². The van der Waals surface area contributed by atoms with Gasteiger partial charge in [0.05, 0.1) is 39.1 Å². The maximum atomic E-state index is 9.20. The van der Waals surface area contributed by atoms with Crippen LogP contribution in [-0.4, -0.2) is 56.6 Å². The number of ether oxygens (including phenoxy) is 4. The van der Waals surface area contributed by atoms with Crippen molar-refractivity contribution in [3.05, 3.63) is 24.3 Å². The first-order valence-corrected chi connectivity index (χ1v) is 11.7. The van der Waals surface area contributed by atoms with Gasteiger partial charge < -0.3 is 24.1 Å². The van der Waals surface area contributed by atoms with Crippen LogP contribution in [0, 0.1) is 0 Å². The van der Waals surface area contributed by atoms with Crippen LogP contribution in [0.3, 0.4) is 0 Å². The second kappa shape index (κ2) is 19.0. The Bertz CT molecular complexity index is 469. The van der Waals surface area contributed by atoms with E-state index in [-0.39, 0.29) is 5.75 Å². The summed E-state index contributed by atoms with van der Waals surface area (Å²) >= 11 is 4.24. The number of hydrogen-bond acceptors (Lipinski definition) is 6. The third-order valence-corrected chi connectivity index (χ3v) is 4.92. The molecule has 0 aliphatic rings. The molecule has 168 valence electrons. The van der Waals surface area contributed by atoms with Crippen LogP contribution in [0.5, 0.6) is 11.5 Å². The molecule has 0 aliphatic heterocycles. The summed E-state index contributed by atoms with van der Waals surface area (Å²) in [5, 5.41) is 9.20. The van der Waals surface area contributed by atoms with E-state index in [0.29, 0.717) is 45.7 Å². The third-order valence-electron chi connectivity index (χ3n) is 4.60. The molecule has 1 aromatic carbocycles. The number of thiol groups is 1. The minimum atomic E-state index is 0.232. The largest absolute Gasteiger partial charge is 0.508 e. The Hall–Kier alpha value is -0.950. The van der Waals surface area contributed by atoms with E-state index in [2.05, 4.69) is 19.6 Å². The Kier molecular flexibility index (Phi) is 17.1. The highest BCUT2D eigenvalue weighted by Crippen LogP contribution is 2.15. The molecular weight excluding hydrogens is 388 g/mol. The standard InChI is InChI=1S/C23H40O5S/c1-21(9-7-5-3-2-4-6-8-20-29)27-18-16-25-14-15-26-17-19-28-23-12-10-22(24)11-13-23/h10-13,21,24,29H,2-9,14-20H2,1H3. The second-order valence-corrected chi connectivity index (χ2v) is 7.68. The predicted molar refractivity (Wildman–Crippen MR) is 121 cm³/mol. The van der Waals surface area contributed by atoms with Crippen LogP contribution < -0.4 is 4.74 Å². The van der Waals surface area contributed by atoms with E-state index in [1.165, 1.54) is 44.9 Å². The molecule has 29 heavy (non-hydrogen) atoms. The summed E-state index contributed by atoms with van der Waals surface area (Å²) in [4.78, 5) is 0. The molecular formula is C23H40O5S. The first-order chi connectivity index (χ1) is 14.2. The molecule has 1 unspecified atom stereocenters. The van der Waals surface area contributed by atoms with Crippen molar-refractivity contribution >= 4 is 12.6 Å². The monoisotopic (exact) mass is 428 g/mol. The van der Waals surface area contributed by atoms with E-state index in [4.69, 9.17) is 18.9 Å². The van der Waals surface area contributed by atoms with E-state index in [9.17, 15) is 5.11 Å². The van der Waals surface area contributed by atoms with Crippen molar-refractivity contribution in [2.24, 2.45) is 0 Å². The van der Waals surface area contributed by atoms with Gasteiger partial charge in [0, 0.05) is 0 Å². The number of benzene rings is 1. The van der Waals surface area contributed by atoms with Crippen molar-refractivity contribution < 1.29 is 24.1 Å². The van der Waals surface area contributed by atoms with Gasteiger partial charge >= 0.3 is 0 Å². The van der Waals surface area contributed by atoms with Crippen molar-refractivity contribution in [2.45, 2.75) is 64.4 Å². The summed E-state index contributed by atoms with van der Waals surface area (Å²) in [6.45, 7) is 5.46. The van der Waals surface area contributed by atoms with Crippen molar-refractivity contribution in [1.82, 2.24) is 0 Å². The van der Waals surface area contributed by atoms with E-state index in [1.807, 2.05) is 0 Å². The lowest BCUT2D eigenvalue weighted by atomic mass is 10.1. The van der Waals surface area contributed by atoms with Crippen LogP contribution in [0.2, 0.25) is 0 Å². The summed E-state index contributed by atoms with van der Waals surface area (Å²) in [6, 6.07) is 6.65.